The van der Waals surface area contributed by atoms with Gasteiger partial charge < -0.3 is 5.73 Å². The van der Waals surface area contributed by atoms with E-state index in [2.05, 4.69) is 10.3 Å². The van der Waals surface area contributed by atoms with E-state index in [4.69, 9.17) is 5.73 Å². The highest BCUT2D eigenvalue weighted by molar-refractivity contribution is 7.90. The minimum atomic E-state index is -2.88. The number of sulfone groups is 1. The van der Waals surface area contributed by atoms with Gasteiger partial charge in [-0.15, -0.1) is 5.10 Å². The van der Waals surface area contributed by atoms with Crippen LogP contribution >= 0.6 is 0 Å². The lowest BCUT2D eigenvalue weighted by Crippen LogP contribution is -2.07. The van der Waals surface area contributed by atoms with Crippen molar-refractivity contribution in [2.24, 2.45) is 5.73 Å². The van der Waals surface area contributed by atoms with E-state index >= 15 is 0 Å². The molecule has 0 amide bonds. The Labute approximate surface area is 83.0 Å². The Morgan fingerprint density at radius 1 is 1.57 bits per heavy atom. The van der Waals surface area contributed by atoms with Crippen LogP contribution in [0.3, 0.4) is 0 Å². The Bertz CT molecular complexity index is 384. The van der Waals surface area contributed by atoms with E-state index in [9.17, 15) is 8.42 Å². The molecule has 1 rings (SSSR count). The van der Waals surface area contributed by atoms with Gasteiger partial charge in [0.15, 0.2) is 0 Å². The molecule has 1 aromatic rings. The van der Waals surface area contributed by atoms with Crippen molar-refractivity contribution in [3.05, 3.63) is 11.9 Å². The third kappa shape index (κ3) is 3.84. The molecular formula is C7H14N4O2S. The van der Waals surface area contributed by atoms with Gasteiger partial charge in [-0.05, 0) is 6.42 Å². The van der Waals surface area contributed by atoms with Gasteiger partial charge in [0.25, 0.3) is 0 Å². The third-order valence-corrected chi connectivity index (χ3v) is 2.73. The maximum absolute atomic E-state index is 10.8. The molecule has 0 bridgehead atoms. The zero-order valence-corrected chi connectivity index (χ0v) is 8.87. The number of hydrogen-bond donors (Lipinski definition) is 1. The smallest absolute Gasteiger partial charge is 0.147 e. The van der Waals surface area contributed by atoms with E-state index in [0.29, 0.717) is 25.2 Å². The highest BCUT2D eigenvalue weighted by Crippen LogP contribution is 1.95. The van der Waals surface area contributed by atoms with Crippen molar-refractivity contribution in [3.8, 4) is 0 Å². The van der Waals surface area contributed by atoms with Crippen molar-refractivity contribution in [3.63, 3.8) is 0 Å². The van der Waals surface area contributed by atoms with Crippen LogP contribution in [0.5, 0.6) is 0 Å². The highest BCUT2D eigenvalue weighted by atomic mass is 32.2. The van der Waals surface area contributed by atoms with Crippen LogP contribution < -0.4 is 5.73 Å². The number of aryl methyl sites for hydroxylation is 1. The number of nitrogens with two attached hydrogens (primary N) is 1. The summed E-state index contributed by atoms with van der Waals surface area (Å²) in [6.07, 6.45) is 3.49. The Morgan fingerprint density at radius 2 is 2.29 bits per heavy atom. The number of hydrogen-bond acceptors (Lipinski definition) is 5. The second-order valence-corrected chi connectivity index (χ2v) is 5.42. The van der Waals surface area contributed by atoms with Gasteiger partial charge in [0.1, 0.15) is 9.84 Å². The highest BCUT2D eigenvalue weighted by Gasteiger charge is 2.03. The number of nitrogens with zero attached hydrogens (tertiary/aromatic N) is 3. The van der Waals surface area contributed by atoms with Gasteiger partial charge in [-0.2, -0.15) is 0 Å². The number of aromatic nitrogens is 3. The summed E-state index contributed by atoms with van der Waals surface area (Å²) in [5.74, 6) is 0.171. The molecule has 14 heavy (non-hydrogen) atoms. The van der Waals surface area contributed by atoms with Gasteiger partial charge in [-0.3, -0.25) is 4.68 Å². The quantitative estimate of drug-likeness (QED) is 0.696. The van der Waals surface area contributed by atoms with Crippen LogP contribution in [0.1, 0.15) is 12.1 Å². The fraction of sp³-hybridized carbons (Fsp3) is 0.714. The average molecular weight is 218 g/mol. The average Bonchev–Trinajstić information content (AvgIpc) is 2.50. The van der Waals surface area contributed by atoms with Crippen LogP contribution in [-0.4, -0.2) is 35.4 Å². The summed E-state index contributed by atoms with van der Waals surface area (Å²) in [6, 6.07) is 0. The predicted octanol–water partition coefficient (Wildman–Crippen LogP) is -0.828. The van der Waals surface area contributed by atoms with Crippen molar-refractivity contribution >= 4 is 9.84 Å². The fourth-order valence-corrected chi connectivity index (χ4v) is 1.68. The summed E-state index contributed by atoms with van der Waals surface area (Å²) < 4.78 is 23.2. The molecule has 0 unspecified atom stereocenters. The van der Waals surface area contributed by atoms with Gasteiger partial charge in [0.2, 0.25) is 0 Å². The first kappa shape index (κ1) is 11.1. The lowest BCUT2D eigenvalue weighted by molar-refractivity contribution is 0.564. The van der Waals surface area contributed by atoms with Gasteiger partial charge in [0.05, 0.1) is 11.4 Å². The van der Waals surface area contributed by atoms with Crippen LogP contribution in [0, 0.1) is 0 Å². The second-order valence-electron chi connectivity index (χ2n) is 3.16. The standard InChI is InChI=1S/C7H14N4O2S/c1-14(12,13)4-2-3-11-6-7(5-8)9-10-11/h6H,2-5,8H2,1H3. The summed E-state index contributed by atoms with van der Waals surface area (Å²) in [7, 11) is -2.88. The minimum absolute atomic E-state index is 0.171. The molecule has 0 atom stereocenters. The van der Waals surface area contributed by atoms with Crippen molar-refractivity contribution in [1.82, 2.24) is 15.0 Å². The molecule has 6 nitrogen and oxygen atoms in total. The van der Waals surface area contributed by atoms with E-state index in [0.717, 1.165) is 0 Å². The lowest BCUT2D eigenvalue weighted by atomic mass is 10.4. The molecule has 1 aromatic heterocycles. The number of rotatable bonds is 5. The van der Waals surface area contributed by atoms with Gasteiger partial charge in [-0.25, -0.2) is 8.42 Å². The minimum Gasteiger partial charge on any atom is -0.325 e. The molecule has 0 saturated carbocycles. The molecule has 1 heterocycles. The zero-order valence-electron chi connectivity index (χ0n) is 8.05. The maximum atomic E-state index is 10.8. The topological polar surface area (TPSA) is 90.9 Å². The first-order chi connectivity index (χ1) is 6.51. The molecule has 2 N–H and O–H groups in total. The summed E-state index contributed by atoms with van der Waals surface area (Å²) in [5.41, 5.74) is 6.06. The van der Waals surface area contributed by atoms with E-state index in [1.54, 1.807) is 10.9 Å². The van der Waals surface area contributed by atoms with Gasteiger partial charge in [0, 0.05) is 25.5 Å². The molecule has 0 fully saturated rings. The van der Waals surface area contributed by atoms with Crippen LogP contribution in [0.15, 0.2) is 6.20 Å². The lowest BCUT2D eigenvalue weighted by Gasteiger charge is -1.98. The monoisotopic (exact) mass is 218 g/mol. The summed E-state index contributed by atoms with van der Waals surface area (Å²) in [6.45, 7) is 0.909. The largest absolute Gasteiger partial charge is 0.325 e. The maximum Gasteiger partial charge on any atom is 0.147 e. The molecule has 0 aromatic carbocycles. The first-order valence-electron chi connectivity index (χ1n) is 4.28. The molecule has 0 aliphatic rings. The Balaban J connectivity index is 2.39. The van der Waals surface area contributed by atoms with E-state index in [1.165, 1.54) is 6.26 Å². The molecule has 7 heteroatoms. The molecule has 0 radical (unpaired) electrons. The summed E-state index contributed by atoms with van der Waals surface area (Å²) in [5, 5.41) is 7.59. The molecule has 0 saturated heterocycles. The third-order valence-electron chi connectivity index (χ3n) is 1.70. The van der Waals surface area contributed by atoms with Gasteiger partial charge >= 0.3 is 0 Å². The molecule has 0 aliphatic heterocycles. The van der Waals surface area contributed by atoms with Gasteiger partial charge in [-0.1, -0.05) is 5.21 Å². The summed E-state index contributed by atoms with van der Waals surface area (Å²) >= 11 is 0. The second kappa shape index (κ2) is 4.52. The van der Waals surface area contributed by atoms with E-state index in [1.807, 2.05) is 0 Å². The van der Waals surface area contributed by atoms with Crippen LogP contribution in [-0.2, 0) is 22.9 Å². The Kier molecular flexibility index (Phi) is 3.59. The van der Waals surface area contributed by atoms with Crippen molar-refractivity contribution in [2.75, 3.05) is 12.0 Å². The van der Waals surface area contributed by atoms with Crippen LogP contribution in [0.4, 0.5) is 0 Å². The molecule has 0 aliphatic carbocycles. The van der Waals surface area contributed by atoms with Crippen molar-refractivity contribution in [1.29, 1.82) is 0 Å². The molecular weight excluding hydrogens is 204 g/mol. The normalized spacial score (nSPS) is 11.9. The van der Waals surface area contributed by atoms with Crippen LogP contribution in [0.25, 0.3) is 0 Å². The van der Waals surface area contributed by atoms with Crippen LogP contribution in [0.2, 0.25) is 0 Å². The zero-order chi connectivity index (χ0) is 10.6. The predicted molar refractivity (Wildman–Crippen MR) is 52.2 cm³/mol. The molecule has 80 valence electrons. The summed E-state index contributed by atoms with van der Waals surface area (Å²) in [4.78, 5) is 0. The van der Waals surface area contributed by atoms with Crippen molar-refractivity contribution < 1.29 is 8.42 Å². The Hall–Kier alpha value is -0.950. The Morgan fingerprint density at radius 3 is 2.79 bits per heavy atom. The van der Waals surface area contributed by atoms with E-state index < -0.39 is 9.84 Å². The first-order valence-corrected chi connectivity index (χ1v) is 6.34. The molecule has 0 spiro atoms. The van der Waals surface area contributed by atoms with E-state index in [-0.39, 0.29) is 5.75 Å². The van der Waals surface area contributed by atoms with Crippen molar-refractivity contribution in [2.45, 2.75) is 19.5 Å². The SMILES string of the molecule is CS(=O)(=O)CCCn1cc(CN)nn1. The fourth-order valence-electron chi connectivity index (χ4n) is 1.03.